The van der Waals surface area contributed by atoms with Crippen LogP contribution in [0.1, 0.15) is 16.2 Å². The number of halogens is 1. The smallest absolute Gasteiger partial charge is 0.257 e. The molecule has 1 amide bonds. The third-order valence-electron chi connectivity index (χ3n) is 6.38. The van der Waals surface area contributed by atoms with Crippen molar-refractivity contribution in [1.82, 2.24) is 24.4 Å². The minimum absolute atomic E-state index is 0.269. The van der Waals surface area contributed by atoms with E-state index in [9.17, 15) is 9.18 Å². The van der Waals surface area contributed by atoms with Gasteiger partial charge in [0.05, 0.1) is 11.9 Å². The highest BCUT2D eigenvalue weighted by molar-refractivity contribution is 6.05. The molecule has 1 N–H and O–H groups in total. The predicted molar refractivity (Wildman–Crippen MR) is 131 cm³/mol. The lowest BCUT2D eigenvalue weighted by atomic mass is 10.1. The molecule has 0 radical (unpaired) electrons. The summed E-state index contributed by atoms with van der Waals surface area (Å²) in [5.41, 5.74) is 1.65. The molecule has 0 unspecified atom stereocenters. The summed E-state index contributed by atoms with van der Waals surface area (Å²) in [6, 6.07) is 8.46. The zero-order valence-corrected chi connectivity index (χ0v) is 19.4. The van der Waals surface area contributed by atoms with E-state index in [0.29, 0.717) is 28.0 Å². The van der Waals surface area contributed by atoms with E-state index in [-0.39, 0.29) is 11.7 Å². The first-order valence-corrected chi connectivity index (χ1v) is 11.2. The Morgan fingerprint density at radius 2 is 1.76 bits per heavy atom. The van der Waals surface area contributed by atoms with Gasteiger partial charge in [0.1, 0.15) is 23.3 Å². The van der Waals surface area contributed by atoms with Crippen molar-refractivity contribution >= 4 is 28.3 Å². The fourth-order valence-corrected chi connectivity index (χ4v) is 4.14. The maximum Gasteiger partial charge on any atom is 0.257 e. The topological polar surface area (TPSA) is 79.2 Å². The Balaban J connectivity index is 1.39. The van der Waals surface area contributed by atoms with Crippen LogP contribution in [0.25, 0.3) is 22.0 Å². The molecule has 4 aromatic rings. The van der Waals surface area contributed by atoms with E-state index >= 15 is 0 Å². The van der Waals surface area contributed by atoms with Gasteiger partial charge < -0.3 is 19.7 Å². The molecule has 0 saturated carbocycles. The second-order valence-electron chi connectivity index (χ2n) is 8.65. The van der Waals surface area contributed by atoms with Crippen molar-refractivity contribution in [2.45, 2.75) is 6.92 Å². The predicted octanol–water partition coefficient (Wildman–Crippen LogP) is 3.48. The highest BCUT2D eigenvalue weighted by Gasteiger charge is 2.17. The molecule has 8 nitrogen and oxygen atoms in total. The van der Waals surface area contributed by atoms with Gasteiger partial charge in [-0.2, -0.15) is 0 Å². The molecule has 0 bridgehead atoms. The number of nitrogens with zero attached hydrogens (tertiary/aromatic N) is 6. The monoisotopic (exact) mass is 459 g/mol. The van der Waals surface area contributed by atoms with E-state index in [2.05, 4.69) is 37.1 Å². The molecule has 0 atom stereocenters. The van der Waals surface area contributed by atoms with Gasteiger partial charge in [-0.15, -0.1) is 0 Å². The number of imidazole rings is 1. The van der Waals surface area contributed by atoms with Gasteiger partial charge in [-0.3, -0.25) is 4.79 Å². The highest BCUT2D eigenvalue weighted by atomic mass is 19.1. The molecule has 3 aromatic heterocycles. The zero-order chi connectivity index (χ0) is 23.8. The number of benzene rings is 1. The minimum Gasteiger partial charge on any atom is -0.354 e. The Bertz CT molecular complexity index is 1380. The average molecular weight is 460 g/mol. The lowest BCUT2D eigenvalue weighted by Crippen LogP contribution is -2.44. The molecule has 174 valence electrons. The second kappa shape index (κ2) is 8.83. The quantitative estimate of drug-likeness (QED) is 0.503. The molecular formula is C25H26FN7O. The Hall–Kier alpha value is -3.85. The fourth-order valence-electron chi connectivity index (χ4n) is 4.14. The van der Waals surface area contributed by atoms with Crippen molar-refractivity contribution < 1.29 is 9.18 Å². The molecule has 1 fully saturated rings. The molecule has 1 aliphatic heterocycles. The van der Waals surface area contributed by atoms with Crippen LogP contribution in [0.5, 0.6) is 0 Å². The molecule has 0 spiro atoms. The Morgan fingerprint density at radius 3 is 2.50 bits per heavy atom. The van der Waals surface area contributed by atoms with Gasteiger partial charge in [0.15, 0.2) is 0 Å². The van der Waals surface area contributed by atoms with E-state index in [1.807, 2.05) is 18.5 Å². The van der Waals surface area contributed by atoms with Crippen LogP contribution in [-0.2, 0) is 7.05 Å². The van der Waals surface area contributed by atoms with Crippen LogP contribution in [-0.4, -0.2) is 63.6 Å². The number of pyridine rings is 2. The first kappa shape index (κ1) is 22.0. The number of amides is 1. The van der Waals surface area contributed by atoms with Crippen molar-refractivity contribution in [3.8, 4) is 11.3 Å². The van der Waals surface area contributed by atoms with Crippen molar-refractivity contribution in [1.29, 1.82) is 0 Å². The summed E-state index contributed by atoms with van der Waals surface area (Å²) < 4.78 is 16.6. The number of aromatic nitrogens is 4. The summed E-state index contributed by atoms with van der Waals surface area (Å²) in [6.45, 7) is 5.53. The molecule has 1 saturated heterocycles. The number of nitrogens with one attached hydrogen (secondary N) is 1. The van der Waals surface area contributed by atoms with Crippen LogP contribution >= 0.6 is 0 Å². The van der Waals surface area contributed by atoms with E-state index in [1.165, 1.54) is 6.07 Å². The number of likely N-dealkylation sites (N-methyl/N-ethyl adjacent to an activating group) is 1. The first-order chi connectivity index (χ1) is 16.4. The van der Waals surface area contributed by atoms with Crippen LogP contribution in [0.4, 0.5) is 16.0 Å². The fraction of sp³-hybridized carbons (Fsp3) is 0.280. The molecule has 5 rings (SSSR count). The highest BCUT2D eigenvalue weighted by Crippen LogP contribution is 2.29. The van der Waals surface area contributed by atoms with Crippen molar-refractivity contribution in [3.05, 3.63) is 66.1 Å². The SMILES string of the molecule is Cc1ncc(-c2cc3cc(NC(=O)c4ccnc(N5CCN(C)CC5)c4)ncc3cc2F)n1C. The second-order valence-corrected chi connectivity index (χ2v) is 8.65. The van der Waals surface area contributed by atoms with Crippen LogP contribution in [0.3, 0.4) is 0 Å². The van der Waals surface area contributed by atoms with Crippen LogP contribution < -0.4 is 10.2 Å². The van der Waals surface area contributed by atoms with Crippen molar-refractivity contribution in [2.24, 2.45) is 7.05 Å². The van der Waals surface area contributed by atoms with Gasteiger partial charge >= 0.3 is 0 Å². The molecule has 1 aliphatic rings. The van der Waals surface area contributed by atoms with Crippen molar-refractivity contribution in [2.75, 3.05) is 43.4 Å². The van der Waals surface area contributed by atoms with Gasteiger partial charge in [0, 0.05) is 62.1 Å². The lowest BCUT2D eigenvalue weighted by molar-refractivity contribution is 0.102. The molecular weight excluding hydrogens is 433 g/mol. The van der Waals surface area contributed by atoms with Crippen LogP contribution in [0.2, 0.25) is 0 Å². The number of anilines is 2. The number of hydrogen-bond donors (Lipinski definition) is 1. The summed E-state index contributed by atoms with van der Waals surface area (Å²) in [6.07, 6.45) is 4.88. The Morgan fingerprint density at radius 1 is 0.971 bits per heavy atom. The molecule has 1 aromatic carbocycles. The first-order valence-electron chi connectivity index (χ1n) is 11.2. The number of rotatable bonds is 4. The van der Waals surface area contributed by atoms with Crippen LogP contribution in [0.15, 0.2) is 48.9 Å². The van der Waals surface area contributed by atoms with Gasteiger partial charge in [-0.05, 0) is 49.7 Å². The van der Waals surface area contributed by atoms with E-state index in [0.717, 1.165) is 43.2 Å². The standard InChI is InChI=1S/C25H26FN7O/c1-16-28-15-22(32(16)3)20-10-18-12-23(29-14-19(18)11-21(20)26)30-25(34)17-4-5-27-24(13-17)33-8-6-31(2)7-9-33/h4-5,10-15H,6-9H2,1-3H3,(H,29,30,34). The Kier molecular flexibility index (Phi) is 5.70. The number of fused-ring (bicyclic) bond motifs is 1. The van der Waals surface area contributed by atoms with E-state index < -0.39 is 0 Å². The van der Waals surface area contributed by atoms with Crippen molar-refractivity contribution in [3.63, 3.8) is 0 Å². The van der Waals surface area contributed by atoms with Gasteiger partial charge in [0.25, 0.3) is 5.91 Å². The number of piperazine rings is 1. The van der Waals surface area contributed by atoms with Crippen LogP contribution in [0, 0.1) is 12.7 Å². The van der Waals surface area contributed by atoms with Gasteiger partial charge in [0.2, 0.25) is 0 Å². The maximum absolute atomic E-state index is 14.8. The number of hydrogen-bond acceptors (Lipinski definition) is 6. The molecule has 4 heterocycles. The van der Waals surface area contributed by atoms with Gasteiger partial charge in [-0.1, -0.05) is 0 Å². The van der Waals surface area contributed by atoms with E-state index in [1.54, 1.807) is 42.9 Å². The largest absolute Gasteiger partial charge is 0.354 e. The molecule has 0 aliphatic carbocycles. The molecule has 9 heteroatoms. The summed E-state index contributed by atoms with van der Waals surface area (Å²) in [5, 5.41) is 4.28. The summed E-state index contributed by atoms with van der Waals surface area (Å²) in [7, 11) is 3.95. The maximum atomic E-state index is 14.8. The Labute approximate surface area is 197 Å². The lowest BCUT2D eigenvalue weighted by Gasteiger charge is -2.33. The zero-order valence-electron chi connectivity index (χ0n) is 19.4. The third kappa shape index (κ3) is 4.22. The summed E-state index contributed by atoms with van der Waals surface area (Å²) >= 11 is 0. The third-order valence-corrected chi connectivity index (χ3v) is 6.38. The summed E-state index contributed by atoms with van der Waals surface area (Å²) in [5.74, 6) is 1.37. The van der Waals surface area contributed by atoms with E-state index in [4.69, 9.17) is 0 Å². The summed E-state index contributed by atoms with van der Waals surface area (Å²) in [4.78, 5) is 30.4. The minimum atomic E-state index is -0.345. The molecule has 34 heavy (non-hydrogen) atoms. The average Bonchev–Trinajstić information content (AvgIpc) is 3.17. The normalized spacial score (nSPS) is 14.5. The van der Waals surface area contributed by atoms with Gasteiger partial charge in [-0.25, -0.2) is 19.3 Å². The number of aryl methyl sites for hydroxylation is 1. The number of carbonyl (C=O) groups is 1. The number of carbonyl (C=O) groups excluding carboxylic acids is 1.